The van der Waals surface area contributed by atoms with Crippen molar-refractivity contribution >= 4 is 17.1 Å². The summed E-state index contributed by atoms with van der Waals surface area (Å²) in [6, 6.07) is 19.7. The van der Waals surface area contributed by atoms with Crippen molar-refractivity contribution in [2.45, 2.75) is 13.8 Å². The molecule has 0 N–H and O–H groups in total. The van der Waals surface area contributed by atoms with Gasteiger partial charge in [-0.15, -0.1) is 11.3 Å². The number of hydrogen-bond acceptors (Lipinski definition) is 4. The zero-order chi connectivity index (χ0) is 19.5. The third-order valence-corrected chi connectivity index (χ3v) is 5.43. The maximum Gasteiger partial charge on any atom is 0.202 e. The van der Waals surface area contributed by atoms with E-state index in [-0.39, 0.29) is 12.4 Å². The van der Waals surface area contributed by atoms with Gasteiger partial charge >= 0.3 is 0 Å². The van der Waals surface area contributed by atoms with Crippen molar-refractivity contribution in [1.82, 2.24) is 9.55 Å². The summed E-state index contributed by atoms with van der Waals surface area (Å²) < 4.78 is 7.94. The van der Waals surface area contributed by atoms with E-state index < -0.39 is 0 Å². The summed E-state index contributed by atoms with van der Waals surface area (Å²) in [5.74, 6) is 0.662. The third kappa shape index (κ3) is 3.49. The average molecular weight is 388 g/mol. The SMILES string of the molecule is Cc1cc(C(=O)COc2ccccc2-c2ccccc2)c(C)n1-c1nccs1. The summed E-state index contributed by atoms with van der Waals surface area (Å²) in [6.07, 6.45) is 1.77. The van der Waals surface area contributed by atoms with Crippen LogP contribution < -0.4 is 4.74 Å². The molecule has 2 heterocycles. The molecule has 5 heteroatoms. The van der Waals surface area contributed by atoms with Gasteiger partial charge in [0.25, 0.3) is 0 Å². The number of para-hydroxylation sites is 1. The predicted molar refractivity (Wildman–Crippen MR) is 113 cm³/mol. The number of ether oxygens (including phenoxy) is 1. The Bertz CT molecular complexity index is 1100. The maximum atomic E-state index is 12.9. The van der Waals surface area contributed by atoms with E-state index in [1.165, 1.54) is 0 Å². The molecule has 4 nitrogen and oxygen atoms in total. The quantitative estimate of drug-likeness (QED) is 0.411. The number of ketones is 1. The van der Waals surface area contributed by atoms with Gasteiger partial charge in [-0.3, -0.25) is 9.36 Å². The van der Waals surface area contributed by atoms with Crippen LogP contribution in [0.1, 0.15) is 21.7 Å². The van der Waals surface area contributed by atoms with E-state index in [0.717, 1.165) is 27.6 Å². The first-order valence-corrected chi connectivity index (χ1v) is 9.92. The number of aryl methyl sites for hydroxylation is 1. The molecule has 4 rings (SSSR count). The first kappa shape index (κ1) is 18.2. The van der Waals surface area contributed by atoms with Gasteiger partial charge in [-0.05, 0) is 31.5 Å². The number of carbonyl (C=O) groups is 1. The smallest absolute Gasteiger partial charge is 0.202 e. The molecule has 0 radical (unpaired) electrons. The zero-order valence-corrected chi connectivity index (χ0v) is 16.6. The second-order valence-electron chi connectivity index (χ2n) is 6.51. The molecule has 0 bridgehead atoms. The summed E-state index contributed by atoms with van der Waals surface area (Å²) in [5.41, 5.74) is 4.58. The van der Waals surface area contributed by atoms with E-state index in [0.29, 0.717) is 11.3 Å². The van der Waals surface area contributed by atoms with Crippen LogP contribution in [0, 0.1) is 13.8 Å². The fourth-order valence-electron chi connectivity index (χ4n) is 3.34. The molecule has 4 aromatic rings. The highest BCUT2D eigenvalue weighted by atomic mass is 32.1. The minimum absolute atomic E-state index is 0.00793. The minimum Gasteiger partial charge on any atom is -0.485 e. The second kappa shape index (κ2) is 7.82. The van der Waals surface area contributed by atoms with Crippen molar-refractivity contribution in [2.75, 3.05) is 6.61 Å². The molecule has 140 valence electrons. The van der Waals surface area contributed by atoms with Gasteiger partial charge in [0.05, 0.1) is 0 Å². The number of hydrogen-bond donors (Lipinski definition) is 0. The van der Waals surface area contributed by atoms with Crippen molar-refractivity contribution in [1.29, 1.82) is 0 Å². The average Bonchev–Trinajstić information content (AvgIpc) is 3.34. The lowest BCUT2D eigenvalue weighted by molar-refractivity contribution is 0.0921. The lowest BCUT2D eigenvalue weighted by Crippen LogP contribution is -2.13. The highest BCUT2D eigenvalue weighted by Crippen LogP contribution is 2.30. The highest BCUT2D eigenvalue weighted by Gasteiger charge is 2.18. The van der Waals surface area contributed by atoms with Gasteiger partial charge in [0, 0.05) is 34.1 Å². The van der Waals surface area contributed by atoms with Crippen LogP contribution in [0.15, 0.2) is 72.2 Å². The normalized spacial score (nSPS) is 10.8. The summed E-state index contributed by atoms with van der Waals surface area (Å²) in [7, 11) is 0. The Morgan fingerprint density at radius 1 is 1.07 bits per heavy atom. The highest BCUT2D eigenvalue weighted by molar-refractivity contribution is 7.12. The largest absolute Gasteiger partial charge is 0.485 e. The lowest BCUT2D eigenvalue weighted by Gasteiger charge is -2.11. The summed E-state index contributed by atoms with van der Waals surface area (Å²) in [4.78, 5) is 17.2. The number of rotatable bonds is 6. The minimum atomic E-state index is -0.0428. The molecule has 0 spiro atoms. The van der Waals surface area contributed by atoms with Crippen LogP contribution in [-0.2, 0) is 0 Å². The number of Topliss-reactive ketones (excluding diaryl/α,β-unsaturated/α-hetero) is 1. The van der Waals surface area contributed by atoms with Gasteiger partial charge in [-0.1, -0.05) is 48.5 Å². The van der Waals surface area contributed by atoms with Crippen molar-refractivity contribution in [3.8, 4) is 22.0 Å². The predicted octanol–water partition coefficient (Wildman–Crippen LogP) is 5.48. The van der Waals surface area contributed by atoms with Gasteiger partial charge in [0.1, 0.15) is 5.75 Å². The maximum absolute atomic E-state index is 12.9. The van der Waals surface area contributed by atoms with Crippen molar-refractivity contribution in [3.63, 3.8) is 0 Å². The third-order valence-electron chi connectivity index (χ3n) is 4.67. The Morgan fingerprint density at radius 2 is 1.82 bits per heavy atom. The second-order valence-corrected chi connectivity index (χ2v) is 7.38. The fourth-order valence-corrected chi connectivity index (χ4v) is 4.09. The van der Waals surface area contributed by atoms with Crippen LogP contribution in [0.5, 0.6) is 5.75 Å². The Morgan fingerprint density at radius 3 is 2.57 bits per heavy atom. The van der Waals surface area contributed by atoms with Gasteiger partial charge < -0.3 is 4.74 Å². The molecule has 0 fully saturated rings. The summed E-state index contributed by atoms with van der Waals surface area (Å²) in [5, 5.41) is 2.80. The van der Waals surface area contributed by atoms with Crippen LogP contribution in [0.4, 0.5) is 0 Å². The van der Waals surface area contributed by atoms with Crippen LogP contribution in [0.3, 0.4) is 0 Å². The van der Waals surface area contributed by atoms with E-state index >= 15 is 0 Å². The van der Waals surface area contributed by atoms with Crippen LogP contribution >= 0.6 is 11.3 Å². The summed E-state index contributed by atoms with van der Waals surface area (Å²) >= 11 is 1.55. The van der Waals surface area contributed by atoms with E-state index in [1.54, 1.807) is 17.5 Å². The van der Waals surface area contributed by atoms with Crippen molar-refractivity contribution in [2.24, 2.45) is 0 Å². The monoisotopic (exact) mass is 388 g/mol. The molecule has 0 aliphatic rings. The molecule has 0 saturated carbocycles. The standard InChI is InChI=1S/C23H20N2O2S/c1-16-14-20(17(2)25(16)23-24-12-13-28-23)21(26)15-27-22-11-7-6-10-19(22)18-8-4-3-5-9-18/h3-14H,15H2,1-2H3. The molecule has 0 atom stereocenters. The molecule has 2 aromatic heterocycles. The molecule has 0 aliphatic heterocycles. The van der Waals surface area contributed by atoms with Crippen LogP contribution in [-0.4, -0.2) is 21.9 Å². The first-order valence-electron chi connectivity index (χ1n) is 9.04. The van der Waals surface area contributed by atoms with Gasteiger partial charge in [-0.25, -0.2) is 4.98 Å². The first-order chi connectivity index (χ1) is 13.6. The number of carbonyl (C=O) groups excluding carboxylic acids is 1. The van der Waals surface area contributed by atoms with Gasteiger partial charge in [0.2, 0.25) is 5.78 Å². The van der Waals surface area contributed by atoms with E-state index in [2.05, 4.69) is 4.98 Å². The molecule has 28 heavy (non-hydrogen) atoms. The van der Waals surface area contributed by atoms with E-state index in [4.69, 9.17) is 4.74 Å². The van der Waals surface area contributed by atoms with E-state index in [1.807, 2.05) is 84.5 Å². The molecule has 0 saturated heterocycles. The molecule has 0 aliphatic carbocycles. The Labute approximate surface area is 168 Å². The number of aromatic nitrogens is 2. The molecule has 0 unspecified atom stereocenters. The number of nitrogens with zero attached hydrogens (tertiary/aromatic N) is 2. The summed E-state index contributed by atoms with van der Waals surface area (Å²) in [6.45, 7) is 3.92. The van der Waals surface area contributed by atoms with Crippen LogP contribution in [0.25, 0.3) is 16.3 Å². The van der Waals surface area contributed by atoms with Crippen molar-refractivity contribution in [3.05, 3.63) is 89.2 Å². The zero-order valence-electron chi connectivity index (χ0n) is 15.8. The topological polar surface area (TPSA) is 44.1 Å². The Hall–Kier alpha value is -3.18. The lowest BCUT2D eigenvalue weighted by atomic mass is 10.0. The van der Waals surface area contributed by atoms with Gasteiger partial charge in [0.15, 0.2) is 11.7 Å². The van der Waals surface area contributed by atoms with E-state index in [9.17, 15) is 4.79 Å². The molecular formula is C23H20N2O2S. The number of benzene rings is 2. The molecule has 0 amide bonds. The molecular weight excluding hydrogens is 368 g/mol. The number of thiazole rings is 1. The Kier molecular flexibility index (Phi) is 5.08. The molecule has 2 aromatic carbocycles. The van der Waals surface area contributed by atoms with Gasteiger partial charge in [-0.2, -0.15) is 0 Å². The van der Waals surface area contributed by atoms with Crippen LogP contribution in [0.2, 0.25) is 0 Å². The van der Waals surface area contributed by atoms with Crippen molar-refractivity contribution < 1.29 is 9.53 Å². The fraction of sp³-hybridized carbons (Fsp3) is 0.130. The Balaban J connectivity index is 1.56.